The van der Waals surface area contributed by atoms with Crippen molar-refractivity contribution in [1.82, 2.24) is 19.0 Å². The summed E-state index contributed by atoms with van der Waals surface area (Å²) in [5.74, 6) is -0.241. The lowest BCUT2D eigenvalue weighted by molar-refractivity contribution is 0.0718. The maximum atomic E-state index is 12.9. The molecule has 1 amide bonds. The van der Waals surface area contributed by atoms with Gasteiger partial charge in [-0.1, -0.05) is 0 Å². The monoisotopic (exact) mass is 342 g/mol. The highest BCUT2D eigenvalue weighted by Crippen LogP contribution is 2.23. The van der Waals surface area contributed by atoms with Gasteiger partial charge in [-0.2, -0.15) is 0 Å². The van der Waals surface area contributed by atoms with Crippen LogP contribution in [0.5, 0.6) is 0 Å². The first kappa shape index (κ1) is 17.1. The molecule has 3 heterocycles. The minimum atomic E-state index is -0.483. The van der Waals surface area contributed by atoms with Crippen LogP contribution >= 0.6 is 0 Å². The van der Waals surface area contributed by atoms with Crippen molar-refractivity contribution >= 4 is 5.91 Å². The van der Waals surface area contributed by atoms with Crippen molar-refractivity contribution in [3.05, 3.63) is 62.7 Å². The minimum Gasteiger partial charge on any atom is -0.334 e. The maximum Gasteiger partial charge on any atom is 0.331 e. The van der Waals surface area contributed by atoms with Crippen molar-refractivity contribution in [3.8, 4) is 0 Å². The standard InChI is InChI=1S/C18H22N4O3/c1-20-15(12-16(23)21(2)18(20)25)17(24)22-11-3-4-14(22)6-5-13-7-9-19-10-8-13/h7-10,12,14H,3-6,11H2,1-2H3/t14-/m0/s1. The fourth-order valence-corrected chi connectivity index (χ4v) is 3.37. The van der Waals surface area contributed by atoms with Gasteiger partial charge in [0.15, 0.2) is 0 Å². The second kappa shape index (κ2) is 7.04. The van der Waals surface area contributed by atoms with E-state index in [1.807, 2.05) is 12.1 Å². The lowest BCUT2D eigenvalue weighted by atomic mass is 10.0. The molecule has 132 valence electrons. The first-order valence-electron chi connectivity index (χ1n) is 8.46. The van der Waals surface area contributed by atoms with Crippen molar-refractivity contribution in [2.45, 2.75) is 31.7 Å². The van der Waals surface area contributed by atoms with Gasteiger partial charge < -0.3 is 4.90 Å². The number of aromatic nitrogens is 3. The molecule has 1 saturated heterocycles. The quantitative estimate of drug-likeness (QED) is 0.820. The largest absolute Gasteiger partial charge is 0.334 e. The lowest BCUT2D eigenvalue weighted by Crippen LogP contribution is -2.43. The van der Waals surface area contributed by atoms with Crippen molar-refractivity contribution in [2.75, 3.05) is 6.54 Å². The Kier molecular flexibility index (Phi) is 4.83. The van der Waals surface area contributed by atoms with Gasteiger partial charge in [0.05, 0.1) is 0 Å². The minimum absolute atomic E-state index is 0.125. The molecule has 7 nitrogen and oxygen atoms in total. The van der Waals surface area contributed by atoms with E-state index in [0.717, 1.165) is 30.3 Å². The second-order valence-corrected chi connectivity index (χ2v) is 6.46. The second-order valence-electron chi connectivity index (χ2n) is 6.46. The van der Waals surface area contributed by atoms with Gasteiger partial charge in [0.1, 0.15) is 5.69 Å². The van der Waals surface area contributed by atoms with Gasteiger partial charge in [-0.25, -0.2) is 4.79 Å². The smallest absolute Gasteiger partial charge is 0.331 e. The average Bonchev–Trinajstić information content (AvgIpc) is 3.10. The predicted octanol–water partition coefficient (Wildman–Crippen LogP) is 0.716. The third kappa shape index (κ3) is 3.40. The summed E-state index contributed by atoms with van der Waals surface area (Å²) in [6.07, 6.45) is 7.13. The van der Waals surface area contributed by atoms with E-state index in [-0.39, 0.29) is 17.6 Å². The number of carbonyl (C=O) groups is 1. The molecule has 0 aliphatic carbocycles. The molecule has 25 heavy (non-hydrogen) atoms. The number of pyridine rings is 1. The summed E-state index contributed by atoms with van der Waals surface area (Å²) in [4.78, 5) is 42.7. The fourth-order valence-electron chi connectivity index (χ4n) is 3.37. The topological polar surface area (TPSA) is 77.2 Å². The lowest BCUT2D eigenvalue weighted by Gasteiger charge is -2.25. The molecule has 3 rings (SSSR count). The molecule has 0 saturated carbocycles. The summed E-state index contributed by atoms with van der Waals surface area (Å²) in [5, 5.41) is 0. The molecule has 1 aliphatic heterocycles. The van der Waals surface area contributed by atoms with Crippen LogP contribution in [0.25, 0.3) is 0 Å². The van der Waals surface area contributed by atoms with Crippen molar-refractivity contribution in [2.24, 2.45) is 14.1 Å². The Balaban J connectivity index is 1.79. The van der Waals surface area contributed by atoms with E-state index < -0.39 is 11.2 Å². The van der Waals surface area contributed by atoms with Crippen LogP contribution in [0.3, 0.4) is 0 Å². The van der Waals surface area contributed by atoms with Crippen LogP contribution in [0.15, 0.2) is 40.2 Å². The van der Waals surface area contributed by atoms with Crippen LogP contribution < -0.4 is 11.2 Å². The Labute approximate surface area is 145 Å². The van der Waals surface area contributed by atoms with Crippen molar-refractivity contribution < 1.29 is 4.79 Å². The van der Waals surface area contributed by atoms with E-state index in [0.29, 0.717) is 6.54 Å². The highest BCUT2D eigenvalue weighted by Gasteiger charge is 2.30. The van der Waals surface area contributed by atoms with E-state index >= 15 is 0 Å². The zero-order chi connectivity index (χ0) is 18.0. The van der Waals surface area contributed by atoms with Gasteiger partial charge in [0.2, 0.25) is 0 Å². The van der Waals surface area contributed by atoms with Crippen LogP contribution in [0.2, 0.25) is 0 Å². The molecule has 0 radical (unpaired) electrons. The van der Waals surface area contributed by atoms with Crippen molar-refractivity contribution in [3.63, 3.8) is 0 Å². The Morgan fingerprint density at radius 1 is 1.20 bits per heavy atom. The Morgan fingerprint density at radius 3 is 2.64 bits per heavy atom. The molecule has 7 heteroatoms. The maximum absolute atomic E-state index is 12.9. The number of hydrogen-bond acceptors (Lipinski definition) is 4. The Hall–Kier alpha value is -2.70. The number of carbonyl (C=O) groups excluding carboxylic acids is 1. The zero-order valence-corrected chi connectivity index (χ0v) is 14.5. The number of nitrogens with zero attached hydrogens (tertiary/aromatic N) is 4. The SMILES string of the molecule is Cn1c(C(=O)N2CCC[C@H]2CCc2ccncc2)cc(=O)n(C)c1=O. The number of amides is 1. The first-order chi connectivity index (χ1) is 12.0. The van der Waals surface area contributed by atoms with E-state index in [1.54, 1.807) is 17.3 Å². The highest BCUT2D eigenvalue weighted by molar-refractivity contribution is 5.92. The van der Waals surface area contributed by atoms with E-state index in [1.165, 1.54) is 30.3 Å². The van der Waals surface area contributed by atoms with E-state index in [4.69, 9.17) is 0 Å². The van der Waals surface area contributed by atoms with E-state index in [2.05, 4.69) is 4.98 Å². The molecule has 0 aromatic carbocycles. The first-order valence-corrected chi connectivity index (χ1v) is 8.46. The van der Waals surface area contributed by atoms with Crippen molar-refractivity contribution in [1.29, 1.82) is 0 Å². The molecule has 2 aromatic rings. The molecule has 0 bridgehead atoms. The van der Waals surface area contributed by atoms with Gasteiger partial charge >= 0.3 is 5.69 Å². The van der Waals surface area contributed by atoms with Crippen LogP contribution in [0.4, 0.5) is 0 Å². The zero-order valence-electron chi connectivity index (χ0n) is 14.5. The normalized spacial score (nSPS) is 17.0. The van der Waals surface area contributed by atoms with Gasteiger partial charge in [-0.05, 0) is 43.4 Å². The Morgan fingerprint density at radius 2 is 1.92 bits per heavy atom. The molecule has 0 spiro atoms. The van der Waals surface area contributed by atoms with Gasteiger partial charge in [-0.3, -0.25) is 23.7 Å². The number of likely N-dealkylation sites (tertiary alicyclic amines) is 1. The summed E-state index contributed by atoms with van der Waals surface area (Å²) in [7, 11) is 2.93. The predicted molar refractivity (Wildman–Crippen MR) is 93.5 cm³/mol. The Bertz CT molecular complexity index is 885. The van der Waals surface area contributed by atoms with Crippen LogP contribution in [0, 0.1) is 0 Å². The third-order valence-electron chi connectivity index (χ3n) is 4.90. The summed E-state index contributed by atoms with van der Waals surface area (Å²) < 4.78 is 2.25. The summed E-state index contributed by atoms with van der Waals surface area (Å²) in [5.41, 5.74) is 0.404. The van der Waals surface area contributed by atoms with Crippen LogP contribution in [-0.4, -0.2) is 37.5 Å². The van der Waals surface area contributed by atoms with Crippen LogP contribution in [-0.2, 0) is 20.5 Å². The summed E-state index contributed by atoms with van der Waals surface area (Å²) >= 11 is 0. The molecular formula is C18H22N4O3. The average molecular weight is 342 g/mol. The van der Waals surface area contributed by atoms with Gasteiger partial charge in [-0.15, -0.1) is 0 Å². The van der Waals surface area contributed by atoms with Gasteiger partial charge in [0, 0.05) is 45.1 Å². The molecular weight excluding hydrogens is 320 g/mol. The van der Waals surface area contributed by atoms with Crippen LogP contribution in [0.1, 0.15) is 35.3 Å². The molecule has 1 atom stereocenters. The molecule has 0 unspecified atom stereocenters. The third-order valence-corrected chi connectivity index (χ3v) is 4.90. The molecule has 2 aromatic heterocycles. The van der Waals surface area contributed by atoms with Gasteiger partial charge in [0.25, 0.3) is 11.5 Å². The molecule has 0 N–H and O–H groups in total. The number of aryl methyl sites for hydroxylation is 1. The molecule has 1 fully saturated rings. The summed E-state index contributed by atoms with van der Waals surface area (Å²) in [6.45, 7) is 0.656. The number of rotatable bonds is 4. The van der Waals surface area contributed by atoms with E-state index in [9.17, 15) is 14.4 Å². The summed E-state index contributed by atoms with van der Waals surface area (Å²) in [6, 6.07) is 5.33. The number of hydrogen-bond donors (Lipinski definition) is 0. The highest BCUT2D eigenvalue weighted by atomic mass is 16.2. The fraction of sp³-hybridized carbons (Fsp3) is 0.444. The molecule has 1 aliphatic rings.